The van der Waals surface area contributed by atoms with Crippen LogP contribution in [0.2, 0.25) is 5.02 Å². The summed E-state index contributed by atoms with van der Waals surface area (Å²) in [5.41, 5.74) is 1.22. The number of rotatable bonds is 3. The molecule has 2 rings (SSSR count). The monoisotopic (exact) mass is 255 g/mol. The molecule has 0 bridgehead atoms. The Bertz CT molecular complexity index is 448. The Morgan fingerprint density at radius 2 is 2.18 bits per heavy atom. The second kappa shape index (κ2) is 4.43. The van der Waals surface area contributed by atoms with Crippen LogP contribution in [0.3, 0.4) is 0 Å². The highest BCUT2D eigenvalue weighted by molar-refractivity contribution is 6.33. The van der Waals surface area contributed by atoms with Crippen molar-refractivity contribution >= 4 is 29.1 Å². The fourth-order valence-corrected chi connectivity index (χ4v) is 1.94. The first-order valence-corrected chi connectivity index (χ1v) is 5.68. The number of nitrogens with two attached hydrogens (primary N) is 1. The van der Waals surface area contributed by atoms with Crippen molar-refractivity contribution in [2.45, 2.75) is 18.9 Å². The van der Waals surface area contributed by atoms with Gasteiger partial charge in [-0.05, 0) is 31.0 Å². The van der Waals surface area contributed by atoms with Gasteiger partial charge in [-0.1, -0.05) is 11.6 Å². The van der Waals surface area contributed by atoms with E-state index in [1.54, 1.807) is 18.2 Å². The van der Waals surface area contributed by atoms with Gasteiger partial charge in [-0.15, -0.1) is 0 Å². The fourth-order valence-electron chi connectivity index (χ4n) is 1.69. The van der Waals surface area contributed by atoms with Crippen LogP contribution < -0.4 is 15.8 Å². The number of hydrogen-bond acceptors (Lipinski definition) is 3. The Morgan fingerprint density at radius 1 is 1.53 bits per heavy atom. The van der Waals surface area contributed by atoms with Crippen molar-refractivity contribution in [3.8, 4) is 0 Å². The van der Waals surface area contributed by atoms with Crippen LogP contribution in [-0.4, -0.2) is 24.3 Å². The summed E-state index contributed by atoms with van der Waals surface area (Å²) in [6.07, 6.45) is 1.08. The van der Waals surface area contributed by atoms with Crippen LogP contribution in [0, 0.1) is 0 Å². The molecule has 0 atom stereocenters. The molecule has 1 amide bonds. The predicted molar refractivity (Wildman–Crippen MR) is 67.6 cm³/mol. The maximum absolute atomic E-state index is 10.8. The third-order valence-corrected chi connectivity index (χ3v) is 3.21. The lowest BCUT2D eigenvalue weighted by Crippen LogP contribution is -2.36. The number of amides is 1. The Kier molecular flexibility index (Phi) is 3.13. The Hall–Kier alpha value is -1.46. The van der Waals surface area contributed by atoms with Crippen LogP contribution in [0.5, 0.6) is 0 Å². The summed E-state index contributed by atoms with van der Waals surface area (Å²) in [7, 11) is 1.95. The van der Waals surface area contributed by atoms with E-state index in [0.29, 0.717) is 21.8 Å². The topological polar surface area (TPSA) is 69.8 Å². The van der Waals surface area contributed by atoms with E-state index < -0.39 is 6.09 Å². The molecule has 1 aliphatic rings. The summed E-state index contributed by atoms with van der Waals surface area (Å²) in [5, 5.41) is 10.1. The molecule has 1 aromatic rings. The van der Waals surface area contributed by atoms with Crippen LogP contribution in [-0.2, 0) is 0 Å². The van der Waals surface area contributed by atoms with Gasteiger partial charge >= 0.3 is 6.09 Å². The van der Waals surface area contributed by atoms with E-state index >= 15 is 0 Å². The van der Waals surface area contributed by atoms with Gasteiger partial charge < -0.3 is 10.0 Å². The minimum absolute atomic E-state index is 0.407. The molecule has 0 unspecified atom stereocenters. The zero-order valence-electron chi connectivity index (χ0n) is 9.43. The van der Waals surface area contributed by atoms with Gasteiger partial charge in [0.15, 0.2) is 0 Å². The highest BCUT2D eigenvalue weighted by Crippen LogP contribution is 2.36. The van der Waals surface area contributed by atoms with Gasteiger partial charge in [0, 0.05) is 13.1 Å². The predicted octanol–water partition coefficient (Wildman–Crippen LogP) is 2.30. The standard InChI is InChI=1S/C11H14ClN3O2/c1-14(7-2-3-7)10-6-8(4-5-9(10)12)15(13)11(16)17/h4-7H,2-3,13H2,1H3,(H,16,17). The SMILES string of the molecule is CN(c1cc(N(N)C(=O)O)ccc1Cl)C1CC1. The Labute approximate surface area is 104 Å². The smallest absolute Gasteiger partial charge is 0.426 e. The summed E-state index contributed by atoms with van der Waals surface area (Å²) in [6, 6.07) is 5.43. The molecule has 3 N–H and O–H groups in total. The van der Waals surface area contributed by atoms with Crippen molar-refractivity contribution in [2.24, 2.45) is 5.84 Å². The van der Waals surface area contributed by atoms with Crippen molar-refractivity contribution < 1.29 is 9.90 Å². The second-order valence-electron chi connectivity index (χ2n) is 4.13. The van der Waals surface area contributed by atoms with E-state index in [0.717, 1.165) is 18.5 Å². The molecule has 0 heterocycles. The third kappa shape index (κ3) is 2.45. The first-order chi connectivity index (χ1) is 8.00. The molecule has 1 fully saturated rings. The molecular formula is C11H14ClN3O2. The molecule has 0 aromatic heterocycles. The van der Waals surface area contributed by atoms with E-state index in [4.69, 9.17) is 22.6 Å². The van der Waals surface area contributed by atoms with Gasteiger partial charge in [-0.25, -0.2) is 15.6 Å². The van der Waals surface area contributed by atoms with Crippen molar-refractivity contribution in [1.82, 2.24) is 0 Å². The average Bonchev–Trinajstić information content (AvgIpc) is 3.11. The zero-order chi connectivity index (χ0) is 12.6. The number of carboxylic acid groups (broad SMARTS) is 1. The summed E-state index contributed by atoms with van der Waals surface area (Å²) in [5.74, 6) is 5.42. The molecule has 92 valence electrons. The number of halogens is 1. The summed E-state index contributed by atoms with van der Waals surface area (Å²) in [6.45, 7) is 0. The highest BCUT2D eigenvalue weighted by Gasteiger charge is 2.28. The quantitative estimate of drug-likeness (QED) is 0.494. The lowest BCUT2D eigenvalue weighted by Gasteiger charge is -2.22. The molecule has 17 heavy (non-hydrogen) atoms. The number of carbonyl (C=O) groups is 1. The second-order valence-corrected chi connectivity index (χ2v) is 4.54. The van der Waals surface area contributed by atoms with Crippen LogP contribution in [0.1, 0.15) is 12.8 Å². The molecule has 1 aromatic carbocycles. The molecule has 5 nitrogen and oxygen atoms in total. The maximum Gasteiger partial charge on any atom is 0.426 e. The lowest BCUT2D eigenvalue weighted by molar-refractivity contribution is 0.202. The van der Waals surface area contributed by atoms with Crippen LogP contribution in [0.25, 0.3) is 0 Å². The lowest BCUT2D eigenvalue weighted by atomic mass is 10.2. The molecule has 0 radical (unpaired) electrons. The highest BCUT2D eigenvalue weighted by atomic mass is 35.5. The fraction of sp³-hybridized carbons (Fsp3) is 0.364. The normalized spacial score (nSPS) is 14.5. The van der Waals surface area contributed by atoms with Crippen LogP contribution in [0.15, 0.2) is 18.2 Å². The van der Waals surface area contributed by atoms with Gasteiger partial charge in [-0.2, -0.15) is 0 Å². The number of nitrogens with zero attached hydrogens (tertiary/aromatic N) is 2. The summed E-state index contributed by atoms with van der Waals surface area (Å²) >= 11 is 6.10. The van der Waals surface area contributed by atoms with Gasteiger partial charge in [-0.3, -0.25) is 0 Å². The number of benzene rings is 1. The van der Waals surface area contributed by atoms with E-state index in [-0.39, 0.29) is 0 Å². The summed E-state index contributed by atoms with van der Waals surface area (Å²) in [4.78, 5) is 12.8. The Balaban J connectivity index is 2.31. The molecular weight excluding hydrogens is 242 g/mol. The van der Waals surface area contributed by atoms with Crippen LogP contribution >= 0.6 is 11.6 Å². The molecule has 1 saturated carbocycles. The average molecular weight is 256 g/mol. The van der Waals surface area contributed by atoms with Crippen LogP contribution in [0.4, 0.5) is 16.2 Å². The van der Waals surface area contributed by atoms with Crippen molar-refractivity contribution in [3.63, 3.8) is 0 Å². The van der Waals surface area contributed by atoms with Crippen molar-refractivity contribution in [2.75, 3.05) is 17.0 Å². The Morgan fingerprint density at radius 3 is 2.71 bits per heavy atom. The maximum atomic E-state index is 10.8. The molecule has 1 aliphatic carbocycles. The summed E-state index contributed by atoms with van der Waals surface area (Å²) < 4.78 is 0. The van der Waals surface area contributed by atoms with Crippen molar-refractivity contribution in [3.05, 3.63) is 23.2 Å². The van der Waals surface area contributed by atoms with Gasteiger partial charge in [0.05, 0.1) is 16.4 Å². The van der Waals surface area contributed by atoms with E-state index in [1.807, 2.05) is 7.05 Å². The molecule has 0 aliphatic heterocycles. The number of anilines is 2. The molecule has 0 spiro atoms. The molecule has 6 heteroatoms. The minimum atomic E-state index is -1.20. The van der Waals surface area contributed by atoms with E-state index in [2.05, 4.69) is 4.90 Å². The largest absolute Gasteiger partial charge is 0.464 e. The number of hydrazine groups is 1. The zero-order valence-corrected chi connectivity index (χ0v) is 10.2. The first-order valence-electron chi connectivity index (χ1n) is 5.31. The van der Waals surface area contributed by atoms with E-state index in [1.165, 1.54) is 0 Å². The van der Waals surface area contributed by atoms with Crippen molar-refractivity contribution in [1.29, 1.82) is 0 Å². The van der Waals surface area contributed by atoms with E-state index in [9.17, 15) is 4.79 Å². The first kappa shape index (κ1) is 12.0. The van der Waals surface area contributed by atoms with Gasteiger partial charge in [0.2, 0.25) is 0 Å². The minimum Gasteiger partial charge on any atom is -0.464 e. The van der Waals surface area contributed by atoms with Gasteiger partial charge in [0.25, 0.3) is 0 Å². The molecule has 0 saturated heterocycles. The van der Waals surface area contributed by atoms with Gasteiger partial charge in [0.1, 0.15) is 0 Å². The number of hydrogen-bond donors (Lipinski definition) is 2. The third-order valence-electron chi connectivity index (χ3n) is 2.89.